The number of benzene rings is 2. The molecular formula is C23H19FN6OS. The van der Waals surface area contributed by atoms with Crippen molar-refractivity contribution >= 4 is 34.5 Å². The minimum absolute atomic E-state index is 0.111. The van der Waals surface area contributed by atoms with Crippen LogP contribution in [0.25, 0.3) is 22.4 Å². The van der Waals surface area contributed by atoms with Crippen molar-refractivity contribution in [1.82, 2.24) is 24.2 Å². The summed E-state index contributed by atoms with van der Waals surface area (Å²) in [7, 11) is 0. The lowest BCUT2D eigenvalue weighted by Gasteiger charge is -2.05. The molecule has 160 valence electrons. The summed E-state index contributed by atoms with van der Waals surface area (Å²) in [5.41, 5.74) is 4.92. The third kappa shape index (κ3) is 3.94. The molecule has 0 radical (unpaired) electrons. The number of nitrogens with one attached hydrogen (secondary N) is 1. The van der Waals surface area contributed by atoms with Gasteiger partial charge in [-0.05, 0) is 54.4 Å². The second-order valence-electron chi connectivity index (χ2n) is 7.23. The van der Waals surface area contributed by atoms with Crippen LogP contribution in [0.4, 0.5) is 10.1 Å². The van der Waals surface area contributed by atoms with Crippen LogP contribution >= 0.6 is 11.8 Å². The van der Waals surface area contributed by atoms with Gasteiger partial charge < -0.3 is 5.32 Å². The highest BCUT2D eigenvalue weighted by Gasteiger charge is 2.14. The summed E-state index contributed by atoms with van der Waals surface area (Å²) >= 11 is 1.31. The highest BCUT2D eigenvalue weighted by atomic mass is 32.2. The second kappa shape index (κ2) is 8.43. The molecule has 0 aliphatic rings. The first-order valence-corrected chi connectivity index (χ1v) is 11.1. The molecule has 0 spiro atoms. The molecule has 0 aliphatic carbocycles. The van der Waals surface area contributed by atoms with Crippen LogP contribution in [0.5, 0.6) is 0 Å². The van der Waals surface area contributed by atoms with Crippen LogP contribution in [0, 0.1) is 5.82 Å². The van der Waals surface area contributed by atoms with Crippen molar-refractivity contribution < 1.29 is 9.18 Å². The van der Waals surface area contributed by atoms with Gasteiger partial charge in [0.25, 0.3) is 0 Å². The number of amides is 1. The molecule has 0 bridgehead atoms. The van der Waals surface area contributed by atoms with E-state index >= 15 is 0 Å². The van der Waals surface area contributed by atoms with Crippen molar-refractivity contribution in [2.45, 2.75) is 18.5 Å². The van der Waals surface area contributed by atoms with Gasteiger partial charge in [-0.25, -0.2) is 8.91 Å². The van der Waals surface area contributed by atoms with Gasteiger partial charge >= 0.3 is 0 Å². The van der Waals surface area contributed by atoms with Crippen molar-refractivity contribution in [3.8, 4) is 11.3 Å². The van der Waals surface area contributed by atoms with Crippen LogP contribution in [-0.2, 0) is 11.2 Å². The highest BCUT2D eigenvalue weighted by Crippen LogP contribution is 2.24. The van der Waals surface area contributed by atoms with Gasteiger partial charge in [-0.2, -0.15) is 5.10 Å². The van der Waals surface area contributed by atoms with E-state index in [1.807, 2.05) is 40.9 Å². The highest BCUT2D eigenvalue weighted by molar-refractivity contribution is 7.99. The first-order valence-electron chi connectivity index (χ1n) is 10.1. The van der Waals surface area contributed by atoms with Gasteiger partial charge in [-0.3, -0.25) is 9.20 Å². The zero-order chi connectivity index (χ0) is 22.1. The molecule has 5 rings (SSSR count). The Morgan fingerprint density at radius 3 is 2.59 bits per heavy atom. The number of halogens is 1. The normalized spacial score (nSPS) is 11.3. The van der Waals surface area contributed by atoms with Crippen molar-refractivity contribution in [1.29, 1.82) is 0 Å². The van der Waals surface area contributed by atoms with Gasteiger partial charge in [0.1, 0.15) is 11.3 Å². The van der Waals surface area contributed by atoms with Gasteiger partial charge in [-0.15, -0.1) is 10.2 Å². The lowest BCUT2D eigenvalue weighted by Crippen LogP contribution is -2.14. The smallest absolute Gasteiger partial charge is 0.234 e. The van der Waals surface area contributed by atoms with Gasteiger partial charge in [0.05, 0.1) is 11.4 Å². The molecule has 7 nitrogen and oxygen atoms in total. The largest absolute Gasteiger partial charge is 0.325 e. The second-order valence-corrected chi connectivity index (χ2v) is 8.17. The Balaban J connectivity index is 1.34. The lowest BCUT2D eigenvalue weighted by atomic mass is 10.1. The quantitative estimate of drug-likeness (QED) is 0.389. The molecule has 9 heteroatoms. The number of hydrogen-bond acceptors (Lipinski definition) is 5. The van der Waals surface area contributed by atoms with Gasteiger partial charge in [0.15, 0.2) is 10.8 Å². The van der Waals surface area contributed by atoms with E-state index in [1.165, 1.54) is 29.5 Å². The van der Waals surface area contributed by atoms with Crippen LogP contribution in [0.1, 0.15) is 12.5 Å². The molecule has 1 N–H and O–H groups in total. The Hall–Kier alpha value is -3.72. The van der Waals surface area contributed by atoms with E-state index in [0.29, 0.717) is 16.5 Å². The van der Waals surface area contributed by atoms with Crippen LogP contribution in [0.2, 0.25) is 0 Å². The third-order valence-electron chi connectivity index (χ3n) is 5.10. The standard InChI is InChI=1S/C23H19FN6OS/c1-2-15-3-9-18(10-4-15)25-21(31)14-32-23-27-26-22-20-13-19(16-5-7-17(24)8-6-16)28-30(20)12-11-29(22)23/h3-13H,2,14H2,1H3,(H,25,31). The topological polar surface area (TPSA) is 76.6 Å². The summed E-state index contributed by atoms with van der Waals surface area (Å²) in [4.78, 5) is 12.4. The van der Waals surface area contributed by atoms with E-state index in [9.17, 15) is 9.18 Å². The number of hydrogen-bond donors (Lipinski definition) is 1. The number of anilines is 1. The molecule has 1 amide bonds. The SMILES string of the molecule is CCc1ccc(NC(=O)CSc2nnc3c4cc(-c5ccc(F)cc5)nn4ccn23)cc1. The number of aryl methyl sites for hydroxylation is 1. The van der Waals surface area contributed by atoms with E-state index in [1.54, 1.807) is 22.8 Å². The molecule has 3 heterocycles. The number of nitrogens with zero attached hydrogens (tertiary/aromatic N) is 5. The number of aromatic nitrogens is 5. The number of thioether (sulfide) groups is 1. The van der Waals surface area contributed by atoms with Crippen LogP contribution < -0.4 is 5.32 Å². The Bertz CT molecular complexity index is 1410. The molecule has 0 saturated heterocycles. The molecule has 2 aromatic carbocycles. The van der Waals surface area contributed by atoms with Crippen molar-refractivity contribution in [2.75, 3.05) is 11.1 Å². The lowest BCUT2D eigenvalue weighted by molar-refractivity contribution is -0.113. The van der Waals surface area contributed by atoms with Crippen molar-refractivity contribution in [3.05, 3.63) is 78.4 Å². The first kappa shape index (κ1) is 20.2. The maximum Gasteiger partial charge on any atom is 0.234 e. The fraction of sp³-hybridized carbons (Fsp3) is 0.130. The first-order chi connectivity index (χ1) is 15.6. The molecule has 0 atom stereocenters. The average molecular weight is 447 g/mol. The Kier molecular flexibility index (Phi) is 5.32. The maximum absolute atomic E-state index is 13.2. The molecular weight excluding hydrogens is 427 g/mol. The molecule has 0 aliphatic heterocycles. The molecule has 3 aromatic heterocycles. The van der Waals surface area contributed by atoms with E-state index in [2.05, 4.69) is 27.5 Å². The molecule has 0 fully saturated rings. The van der Waals surface area contributed by atoms with Crippen LogP contribution in [-0.4, -0.2) is 35.9 Å². The Morgan fingerprint density at radius 1 is 1.06 bits per heavy atom. The molecule has 0 saturated carbocycles. The summed E-state index contributed by atoms with van der Waals surface area (Å²) in [5.74, 6) is -0.192. The van der Waals surface area contributed by atoms with Crippen LogP contribution in [0.3, 0.4) is 0 Å². The predicted molar refractivity (Wildman–Crippen MR) is 122 cm³/mol. The van der Waals surface area contributed by atoms with E-state index in [0.717, 1.165) is 23.2 Å². The van der Waals surface area contributed by atoms with E-state index < -0.39 is 0 Å². The van der Waals surface area contributed by atoms with Crippen molar-refractivity contribution in [3.63, 3.8) is 0 Å². The number of rotatable bonds is 6. The number of fused-ring (bicyclic) bond motifs is 3. The summed E-state index contributed by atoms with van der Waals surface area (Å²) in [6.07, 6.45) is 4.57. The van der Waals surface area contributed by atoms with Gasteiger partial charge in [0.2, 0.25) is 5.91 Å². The number of carbonyl (C=O) groups is 1. The molecule has 32 heavy (non-hydrogen) atoms. The van der Waals surface area contributed by atoms with Crippen LogP contribution in [0.15, 0.2) is 72.1 Å². The van der Waals surface area contributed by atoms with Crippen molar-refractivity contribution in [2.24, 2.45) is 0 Å². The average Bonchev–Trinajstić information content (AvgIpc) is 3.42. The predicted octanol–water partition coefficient (Wildman–Crippen LogP) is 4.48. The molecule has 5 aromatic rings. The third-order valence-corrected chi connectivity index (χ3v) is 6.05. The van der Waals surface area contributed by atoms with E-state index in [4.69, 9.17) is 0 Å². The summed E-state index contributed by atoms with van der Waals surface area (Å²) in [6, 6.07) is 15.9. The number of carbonyl (C=O) groups excluding carboxylic acids is 1. The maximum atomic E-state index is 13.2. The zero-order valence-corrected chi connectivity index (χ0v) is 18.0. The minimum atomic E-state index is -0.291. The fourth-order valence-electron chi connectivity index (χ4n) is 3.40. The monoisotopic (exact) mass is 446 g/mol. The summed E-state index contributed by atoms with van der Waals surface area (Å²) in [6.45, 7) is 2.09. The zero-order valence-electron chi connectivity index (χ0n) is 17.2. The Labute approximate surface area is 187 Å². The minimum Gasteiger partial charge on any atom is -0.325 e. The Morgan fingerprint density at radius 2 is 1.84 bits per heavy atom. The van der Waals surface area contributed by atoms with E-state index in [-0.39, 0.29) is 17.5 Å². The van der Waals surface area contributed by atoms with Gasteiger partial charge in [0, 0.05) is 23.6 Å². The molecule has 0 unspecified atom stereocenters. The van der Waals surface area contributed by atoms with Gasteiger partial charge in [-0.1, -0.05) is 30.8 Å². The summed E-state index contributed by atoms with van der Waals surface area (Å²) < 4.78 is 16.8. The summed E-state index contributed by atoms with van der Waals surface area (Å²) in [5, 5.41) is 16.6. The fourth-order valence-corrected chi connectivity index (χ4v) is 4.12.